The Labute approximate surface area is 230 Å². The second kappa shape index (κ2) is 11.8. The monoisotopic (exact) mass is 658 g/mol. The van der Waals surface area contributed by atoms with Crippen LogP contribution in [-0.2, 0) is 17.0 Å². The summed E-state index contributed by atoms with van der Waals surface area (Å²) in [7, 11) is 0. The molecule has 0 spiro atoms. The topological polar surface area (TPSA) is 70.9 Å². The molecule has 0 atom stereocenters. The Morgan fingerprint density at radius 3 is 2.14 bits per heavy atom. The van der Waals surface area contributed by atoms with Crippen LogP contribution < -0.4 is 10.2 Å². The van der Waals surface area contributed by atoms with E-state index in [0.717, 1.165) is 9.13 Å². The van der Waals surface area contributed by atoms with E-state index < -0.39 is 11.5 Å². The highest BCUT2D eigenvalue weighted by atomic mass is 127. The second-order valence-electron chi connectivity index (χ2n) is 7.87. The Morgan fingerprint density at radius 2 is 1.58 bits per heavy atom. The Morgan fingerprint density at radius 1 is 1.00 bits per heavy atom. The van der Waals surface area contributed by atoms with Gasteiger partial charge in [-0.15, -0.1) is 0 Å². The fourth-order valence-electron chi connectivity index (χ4n) is 3.56. The van der Waals surface area contributed by atoms with Crippen molar-refractivity contribution < 1.29 is 19.0 Å². The number of nitrogens with one attached hydrogen (secondary N) is 1. The number of halogens is 3. The van der Waals surface area contributed by atoms with Gasteiger partial charge in [-0.3, -0.25) is 4.79 Å². The molecule has 0 aliphatic rings. The van der Waals surface area contributed by atoms with Crippen molar-refractivity contribution in [1.82, 2.24) is 5.43 Å². The van der Waals surface area contributed by atoms with Gasteiger partial charge in [0.05, 0.1) is 14.3 Å². The molecule has 0 unspecified atom stereocenters. The van der Waals surface area contributed by atoms with Crippen LogP contribution in [0.4, 0.5) is 4.39 Å². The van der Waals surface area contributed by atoms with Crippen LogP contribution in [0.15, 0.2) is 107 Å². The summed E-state index contributed by atoms with van der Waals surface area (Å²) in [6, 6.07) is 27.2. The number of rotatable bonds is 8. The van der Waals surface area contributed by atoms with Crippen LogP contribution in [0.3, 0.4) is 0 Å². The maximum absolute atomic E-state index is 13.2. The lowest BCUT2D eigenvalue weighted by atomic mass is 9.85. The van der Waals surface area contributed by atoms with Gasteiger partial charge in [0, 0.05) is 0 Å². The lowest BCUT2D eigenvalue weighted by Gasteiger charge is -2.27. The molecular weight excluding hydrogens is 638 g/mol. The first-order chi connectivity index (χ1) is 17.4. The van der Waals surface area contributed by atoms with Gasteiger partial charge in [0.1, 0.15) is 18.2 Å². The molecule has 8 heteroatoms. The van der Waals surface area contributed by atoms with Crippen LogP contribution >= 0.6 is 38.5 Å². The zero-order valence-electron chi connectivity index (χ0n) is 18.9. The van der Waals surface area contributed by atoms with E-state index in [-0.39, 0.29) is 12.4 Å². The van der Waals surface area contributed by atoms with Crippen molar-refractivity contribution in [2.24, 2.45) is 5.10 Å². The molecule has 5 nitrogen and oxygen atoms in total. The van der Waals surface area contributed by atoms with Gasteiger partial charge in [-0.25, -0.2) is 9.82 Å². The number of amides is 1. The van der Waals surface area contributed by atoms with Crippen molar-refractivity contribution in [1.29, 1.82) is 0 Å². The van der Waals surface area contributed by atoms with E-state index in [1.807, 2.05) is 18.2 Å². The summed E-state index contributed by atoms with van der Waals surface area (Å²) >= 11 is 5.67. The Balaban J connectivity index is 1.49. The molecule has 36 heavy (non-hydrogen) atoms. The van der Waals surface area contributed by atoms with Gasteiger partial charge in [0.2, 0.25) is 0 Å². The number of ether oxygens (including phenoxy) is 1. The standard InChI is InChI=1S/C28H21BrFIN2O3/c29-24-15-20(16-25(31)26(24)36-18-19-11-13-23(30)14-12-19)17-32-33-27(34)28(35,21-7-3-1-4-8-21)22-9-5-2-6-10-22/h1-17,35H,18H2,(H,33,34)/b32-17+. The number of hydrogen-bond acceptors (Lipinski definition) is 4. The summed E-state index contributed by atoms with van der Waals surface area (Å²) in [4.78, 5) is 13.2. The van der Waals surface area contributed by atoms with E-state index in [0.29, 0.717) is 26.9 Å². The van der Waals surface area contributed by atoms with Crippen LogP contribution in [0.5, 0.6) is 5.75 Å². The van der Waals surface area contributed by atoms with Crippen LogP contribution in [0, 0.1) is 9.39 Å². The summed E-state index contributed by atoms with van der Waals surface area (Å²) in [5, 5.41) is 15.6. The number of carbonyl (C=O) groups excluding carboxylic acids is 1. The third-order valence-corrected chi connectivity index (χ3v) is 6.80. The van der Waals surface area contributed by atoms with E-state index in [9.17, 15) is 14.3 Å². The van der Waals surface area contributed by atoms with Crippen LogP contribution in [-0.4, -0.2) is 17.2 Å². The molecule has 0 fully saturated rings. The predicted molar refractivity (Wildman–Crippen MR) is 149 cm³/mol. The summed E-state index contributed by atoms with van der Waals surface area (Å²) in [6.07, 6.45) is 1.49. The van der Waals surface area contributed by atoms with Crippen molar-refractivity contribution in [3.05, 3.63) is 133 Å². The number of hydrogen-bond donors (Lipinski definition) is 2. The summed E-state index contributed by atoms with van der Waals surface area (Å²) in [6.45, 7) is 0.288. The lowest BCUT2D eigenvalue weighted by Crippen LogP contribution is -2.43. The molecule has 4 rings (SSSR count). The van der Waals surface area contributed by atoms with Gasteiger partial charge in [-0.2, -0.15) is 5.10 Å². The number of nitrogens with zero attached hydrogens (tertiary/aromatic N) is 1. The maximum Gasteiger partial charge on any atom is 0.281 e. The van der Waals surface area contributed by atoms with E-state index in [2.05, 4.69) is 49.0 Å². The fourth-order valence-corrected chi connectivity index (χ4v) is 5.33. The van der Waals surface area contributed by atoms with E-state index in [1.165, 1.54) is 18.3 Å². The first kappa shape index (κ1) is 26.0. The molecule has 0 bridgehead atoms. The highest BCUT2D eigenvalue weighted by molar-refractivity contribution is 14.1. The van der Waals surface area contributed by atoms with Crippen LogP contribution in [0.25, 0.3) is 0 Å². The molecule has 0 aromatic heterocycles. The molecule has 0 saturated carbocycles. The average Bonchev–Trinajstić information content (AvgIpc) is 2.89. The lowest BCUT2D eigenvalue weighted by molar-refractivity contribution is -0.136. The van der Waals surface area contributed by atoms with Gasteiger partial charge in [-0.1, -0.05) is 72.8 Å². The molecule has 4 aromatic rings. The van der Waals surface area contributed by atoms with Gasteiger partial charge in [0.25, 0.3) is 5.91 Å². The summed E-state index contributed by atoms with van der Waals surface area (Å²) in [5.74, 6) is -0.330. The minimum Gasteiger partial charge on any atom is -0.487 e. The molecule has 182 valence electrons. The molecule has 0 heterocycles. The molecule has 0 aliphatic carbocycles. The summed E-state index contributed by atoms with van der Waals surface area (Å²) < 4.78 is 20.5. The normalized spacial score (nSPS) is 11.4. The van der Waals surface area contributed by atoms with E-state index in [4.69, 9.17) is 4.74 Å². The quantitative estimate of drug-likeness (QED) is 0.135. The van der Waals surface area contributed by atoms with Crippen molar-refractivity contribution in [3.8, 4) is 5.75 Å². The van der Waals surface area contributed by atoms with Crippen molar-refractivity contribution in [3.63, 3.8) is 0 Å². The second-order valence-corrected chi connectivity index (χ2v) is 9.89. The average molecular weight is 659 g/mol. The zero-order chi connectivity index (χ0) is 25.5. The SMILES string of the molecule is O=C(N/N=C/c1cc(Br)c(OCc2ccc(F)cc2)c(I)c1)C(O)(c1ccccc1)c1ccccc1. The first-order valence-corrected chi connectivity index (χ1v) is 12.8. The minimum atomic E-state index is -1.91. The maximum atomic E-state index is 13.2. The number of carbonyl (C=O) groups is 1. The molecule has 4 aromatic carbocycles. The van der Waals surface area contributed by atoms with Gasteiger partial charge < -0.3 is 9.84 Å². The molecule has 1 amide bonds. The van der Waals surface area contributed by atoms with Gasteiger partial charge in [-0.05, 0) is 85.0 Å². The number of benzene rings is 4. The van der Waals surface area contributed by atoms with Crippen LogP contribution in [0.1, 0.15) is 22.3 Å². The first-order valence-electron chi connectivity index (χ1n) is 10.9. The third-order valence-electron chi connectivity index (χ3n) is 5.41. The highest BCUT2D eigenvalue weighted by Crippen LogP contribution is 2.33. The van der Waals surface area contributed by atoms with Gasteiger partial charge in [0.15, 0.2) is 5.60 Å². The minimum absolute atomic E-state index is 0.288. The number of aliphatic hydroxyl groups is 1. The highest BCUT2D eigenvalue weighted by Gasteiger charge is 2.39. The fraction of sp³-hybridized carbons (Fsp3) is 0.0714. The largest absolute Gasteiger partial charge is 0.487 e. The van der Waals surface area contributed by atoms with Crippen molar-refractivity contribution >= 4 is 50.6 Å². The van der Waals surface area contributed by atoms with E-state index >= 15 is 0 Å². The molecule has 2 N–H and O–H groups in total. The Kier molecular flexibility index (Phi) is 8.50. The predicted octanol–water partition coefficient (Wildman–Crippen LogP) is 6.16. The molecule has 0 aliphatic heterocycles. The third kappa shape index (κ3) is 6.00. The smallest absolute Gasteiger partial charge is 0.281 e. The molecule has 0 saturated heterocycles. The Hall–Kier alpha value is -3.08. The van der Waals surface area contributed by atoms with Gasteiger partial charge >= 0.3 is 0 Å². The van der Waals surface area contributed by atoms with Crippen molar-refractivity contribution in [2.75, 3.05) is 0 Å². The molecule has 0 radical (unpaired) electrons. The van der Waals surface area contributed by atoms with E-state index in [1.54, 1.807) is 66.7 Å². The Bertz CT molecular complexity index is 1300. The van der Waals surface area contributed by atoms with Crippen molar-refractivity contribution in [2.45, 2.75) is 12.2 Å². The van der Waals surface area contributed by atoms with Crippen LogP contribution in [0.2, 0.25) is 0 Å². The number of hydrazone groups is 1. The molecular formula is C28H21BrFIN2O3. The zero-order valence-corrected chi connectivity index (χ0v) is 22.6. The summed E-state index contributed by atoms with van der Waals surface area (Å²) in [5.41, 5.74) is 2.99.